The summed E-state index contributed by atoms with van der Waals surface area (Å²) < 4.78 is 30.3. The molecule has 0 fully saturated rings. The standard InChI is InChI=1S/C11H10F2O3/c1-2-16-11(15)10(6-14)7-3-8(12)5-9(13)4-7/h3-6,10H,2H2,1H3. The van der Waals surface area contributed by atoms with E-state index in [0.717, 1.165) is 12.1 Å². The molecule has 0 aliphatic heterocycles. The van der Waals surface area contributed by atoms with Gasteiger partial charge in [-0.1, -0.05) is 0 Å². The molecule has 16 heavy (non-hydrogen) atoms. The largest absolute Gasteiger partial charge is 0.465 e. The van der Waals surface area contributed by atoms with Crippen LogP contribution in [-0.4, -0.2) is 18.9 Å². The van der Waals surface area contributed by atoms with Crippen LogP contribution in [0.15, 0.2) is 18.2 Å². The molecule has 0 N–H and O–H groups in total. The van der Waals surface area contributed by atoms with E-state index in [0.29, 0.717) is 12.4 Å². The van der Waals surface area contributed by atoms with Crippen molar-refractivity contribution in [3.63, 3.8) is 0 Å². The number of aldehydes is 1. The zero-order chi connectivity index (χ0) is 12.1. The lowest BCUT2D eigenvalue weighted by Crippen LogP contribution is -2.17. The van der Waals surface area contributed by atoms with Crippen molar-refractivity contribution in [3.05, 3.63) is 35.4 Å². The molecule has 3 nitrogen and oxygen atoms in total. The van der Waals surface area contributed by atoms with Gasteiger partial charge < -0.3 is 9.53 Å². The van der Waals surface area contributed by atoms with Gasteiger partial charge in [0, 0.05) is 6.07 Å². The van der Waals surface area contributed by atoms with Crippen molar-refractivity contribution in [3.8, 4) is 0 Å². The maximum absolute atomic E-state index is 12.9. The second-order valence-corrected chi connectivity index (χ2v) is 3.07. The quantitative estimate of drug-likeness (QED) is 0.448. The fraction of sp³-hybridized carbons (Fsp3) is 0.273. The first-order valence-corrected chi connectivity index (χ1v) is 4.66. The van der Waals surface area contributed by atoms with Gasteiger partial charge in [-0.3, -0.25) is 4.79 Å². The summed E-state index contributed by atoms with van der Waals surface area (Å²) in [4.78, 5) is 22.0. The predicted molar refractivity (Wildman–Crippen MR) is 51.8 cm³/mol. The van der Waals surface area contributed by atoms with Crippen LogP contribution >= 0.6 is 0 Å². The summed E-state index contributed by atoms with van der Waals surface area (Å²) in [6.45, 7) is 1.67. The Bertz CT molecular complexity index is 384. The lowest BCUT2D eigenvalue weighted by Gasteiger charge is -2.09. The summed E-state index contributed by atoms with van der Waals surface area (Å²) in [5.41, 5.74) is -0.0500. The van der Waals surface area contributed by atoms with Gasteiger partial charge in [0.05, 0.1) is 6.61 Å². The molecular formula is C11H10F2O3. The van der Waals surface area contributed by atoms with Gasteiger partial charge in [0.2, 0.25) is 0 Å². The van der Waals surface area contributed by atoms with Crippen molar-refractivity contribution in [2.24, 2.45) is 0 Å². The van der Waals surface area contributed by atoms with Crippen LogP contribution in [0.5, 0.6) is 0 Å². The Labute approximate surface area is 91.0 Å². The summed E-state index contributed by atoms with van der Waals surface area (Å²) in [5.74, 6) is -3.79. The highest BCUT2D eigenvalue weighted by molar-refractivity contribution is 5.94. The average Bonchev–Trinajstić information content (AvgIpc) is 2.17. The summed E-state index contributed by atoms with van der Waals surface area (Å²) in [7, 11) is 0. The molecule has 0 aromatic heterocycles. The highest BCUT2D eigenvalue weighted by atomic mass is 19.1. The van der Waals surface area contributed by atoms with Crippen molar-refractivity contribution >= 4 is 12.3 Å². The molecular weight excluding hydrogens is 218 g/mol. The molecule has 86 valence electrons. The summed E-state index contributed by atoms with van der Waals surface area (Å²) >= 11 is 0. The number of esters is 1. The van der Waals surface area contributed by atoms with E-state index in [1.54, 1.807) is 6.92 Å². The number of benzene rings is 1. The molecule has 0 saturated carbocycles. The molecule has 1 aromatic carbocycles. The molecule has 0 bridgehead atoms. The molecule has 1 aromatic rings. The monoisotopic (exact) mass is 228 g/mol. The van der Waals surface area contributed by atoms with E-state index in [-0.39, 0.29) is 12.2 Å². The lowest BCUT2D eigenvalue weighted by molar-refractivity contribution is -0.146. The second kappa shape index (κ2) is 5.34. The van der Waals surface area contributed by atoms with E-state index >= 15 is 0 Å². The van der Waals surface area contributed by atoms with Gasteiger partial charge in [0.1, 0.15) is 23.8 Å². The average molecular weight is 228 g/mol. The zero-order valence-electron chi connectivity index (χ0n) is 8.57. The van der Waals surface area contributed by atoms with Crippen LogP contribution in [-0.2, 0) is 14.3 Å². The molecule has 5 heteroatoms. The highest BCUT2D eigenvalue weighted by Gasteiger charge is 2.22. The Hall–Kier alpha value is -1.78. The van der Waals surface area contributed by atoms with Crippen LogP contribution in [0.25, 0.3) is 0 Å². The Morgan fingerprint density at radius 1 is 1.38 bits per heavy atom. The van der Waals surface area contributed by atoms with E-state index in [4.69, 9.17) is 0 Å². The van der Waals surface area contributed by atoms with Gasteiger partial charge in [0.25, 0.3) is 0 Å². The van der Waals surface area contributed by atoms with Crippen LogP contribution in [0.3, 0.4) is 0 Å². The Kier molecular flexibility index (Phi) is 4.10. The summed E-state index contributed by atoms with van der Waals surface area (Å²) in [6, 6.07) is 2.52. The topological polar surface area (TPSA) is 43.4 Å². The lowest BCUT2D eigenvalue weighted by atomic mass is 10.0. The van der Waals surface area contributed by atoms with E-state index in [1.807, 2.05) is 0 Å². The Morgan fingerprint density at radius 2 is 1.94 bits per heavy atom. The zero-order valence-corrected chi connectivity index (χ0v) is 8.57. The highest BCUT2D eigenvalue weighted by Crippen LogP contribution is 2.18. The SMILES string of the molecule is CCOC(=O)C(C=O)c1cc(F)cc(F)c1. The minimum Gasteiger partial charge on any atom is -0.465 e. The normalized spacial score (nSPS) is 11.9. The van der Waals surface area contributed by atoms with Gasteiger partial charge in [-0.25, -0.2) is 8.78 Å². The van der Waals surface area contributed by atoms with Crippen LogP contribution in [0.2, 0.25) is 0 Å². The molecule has 0 aliphatic carbocycles. The van der Waals surface area contributed by atoms with Crippen molar-refractivity contribution in [2.75, 3.05) is 6.61 Å². The number of halogens is 2. The van der Waals surface area contributed by atoms with E-state index in [9.17, 15) is 18.4 Å². The molecule has 0 heterocycles. The van der Waals surface area contributed by atoms with Crippen LogP contribution < -0.4 is 0 Å². The van der Waals surface area contributed by atoms with Crippen molar-refractivity contribution < 1.29 is 23.1 Å². The smallest absolute Gasteiger partial charge is 0.320 e. The molecule has 0 aliphatic rings. The molecule has 0 radical (unpaired) electrons. The number of carbonyl (C=O) groups excluding carboxylic acids is 2. The van der Waals surface area contributed by atoms with E-state index in [1.165, 1.54) is 0 Å². The van der Waals surface area contributed by atoms with Crippen molar-refractivity contribution in [1.82, 2.24) is 0 Å². The third-order valence-corrected chi connectivity index (χ3v) is 1.92. The second-order valence-electron chi connectivity index (χ2n) is 3.07. The molecule has 0 saturated heterocycles. The number of ether oxygens (including phenoxy) is 1. The van der Waals surface area contributed by atoms with Gasteiger partial charge in [0.15, 0.2) is 0 Å². The Morgan fingerprint density at radius 3 is 2.38 bits per heavy atom. The van der Waals surface area contributed by atoms with Gasteiger partial charge in [-0.2, -0.15) is 0 Å². The molecule has 1 unspecified atom stereocenters. The van der Waals surface area contributed by atoms with Crippen LogP contribution in [0, 0.1) is 11.6 Å². The molecule has 1 rings (SSSR count). The van der Waals surface area contributed by atoms with Gasteiger partial charge in [-0.05, 0) is 24.6 Å². The summed E-state index contributed by atoms with van der Waals surface area (Å²) in [6.07, 6.45) is 0.298. The minimum atomic E-state index is -1.29. The maximum atomic E-state index is 12.9. The first-order valence-electron chi connectivity index (χ1n) is 4.66. The number of hydrogen-bond acceptors (Lipinski definition) is 3. The minimum absolute atomic E-state index is 0.0500. The third-order valence-electron chi connectivity index (χ3n) is 1.92. The van der Waals surface area contributed by atoms with Crippen molar-refractivity contribution in [1.29, 1.82) is 0 Å². The molecule has 0 spiro atoms. The maximum Gasteiger partial charge on any atom is 0.320 e. The van der Waals surface area contributed by atoms with E-state index < -0.39 is 23.5 Å². The number of rotatable bonds is 4. The first kappa shape index (κ1) is 12.3. The van der Waals surface area contributed by atoms with Crippen molar-refractivity contribution in [2.45, 2.75) is 12.8 Å². The van der Waals surface area contributed by atoms with E-state index in [2.05, 4.69) is 4.74 Å². The predicted octanol–water partition coefficient (Wildman–Crippen LogP) is 1.81. The first-order chi connectivity index (χ1) is 7.58. The van der Waals surface area contributed by atoms with Crippen LogP contribution in [0.4, 0.5) is 8.78 Å². The summed E-state index contributed by atoms with van der Waals surface area (Å²) in [5, 5.41) is 0. The van der Waals surface area contributed by atoms with Gasteiger partial charge >= 0.3 is 5.97 Å². The fourth-order valence-electron chi connectivity index (χ4n) is 1.26. The van der Waals surface area contributed by atoms with Crippen LogP contribution in [0.1, 0.15) is 18.4 Å². The third kappa shape index (κ3) is 2.85. The molecule has 0 amide bonds. The van der Waals surface area contributed by atoms with Gasteiger partial charge in [-0.15, -0.1) is 0 Å². The Balaban J connectivity index is 3.03. The molecule has 1 atom stereocenters. The fourth-order valence-corrected chi connectivity index (χ4v) is 1.26. The number of carbonyl (C=O) groups is 2. The number of hydrogen-bond donors (Lipinski definition) is 0.